The van der Waals surface area contributed by atoms with Crippen LogP contribution in [0.15, 0.2) is 146 Å². The Morgan fingerprint density at radius 1 is 0.487 bits per heavy atom. The summed E-state index contributed by atoms with van der Waals surface area (Å²) in [6.45, 7) is 5.00. The first-order chi connectivity index (χ1) is 37.5. The van der Waals surface area contributed by atoms with Crippen molar-refractivity contribution >= 4 is 44.9 Å². The first-order valence-electron chi connectivity index (χ1n) is 26.6. The van der Waals surface area contributed by atoms with E-state index in [1.165, 1.54) is 24.3 Å². The van der Waals surface area contributed by atoms with Crippen molar-refractivity contribution < 1.29 is 47.6 Å². The third kappa shape index (κ3) is 10.6. The lowest BCUT2D eigenvalue weighted by molar-refractivity contribution is -0.135. The average Bonchev–Trinajstić information content (AvgIpc) is 4.37. The normalized spacial score (nSPS) is 16.9. The summed E-state index contributed by atoms with van der Waals surface area (Å²) >= 11 is 0. The largest absolute Gasteiger partial charge is 0.457 e. The molecule has 0 atom stereocenters. The molecule has 0 amide bonds. The van der Waals surface area contributed by atoms with Crippen LogP contribution < -0.4 is 14.8 Å². The molecular formula is C65H59F2N3O8. The maximum Gasteiger partial charge on any atom is 0.150 e. The molecule has 13 heteroatoms. The highest BCUT2D eigenvalue weighted by molar-refractivity contribution is 6.11. The van der Waals surface area contributed by atoms with Crippen molar-refractivity contribution in [2.75, 3.05) is 13.1 Å². The fourth-order valence-electron chi connectivity index (χ4n) is 11.0. The molecule has 4 fully saturated rings. The third-order valence-electron chi connectivity index (χ3n) is 16.3. The quantitative estimate of drug-likeness (QED) is 0.0701. The van der Waals surface area contributed by atoms with Gasteiger partial charge >= 0.3 is 0 Å². The van der Waals surface area contributed by atoms with Crippen molar-refractivity contribution in [1.29, 1.82) is 0 Å². The van der Waals surface area contributed by atoms with Crippen molar-refractivity contribution in [3.63, 3.8) is 0 Å². The van der Waals surface area contributed by atoms with Crippen LogP contribution in [0.3, 0.4) is 0 Å². The van der Waals surface area contributed by atoms with E-state index in [-0.39, 0.29) is 60.5 Å². The van der Waals surface area contributed by atoms with Gasteiger partial charge in [-0.15, -0.1) is 0 Å². The summed E-state index contributed by atoms with van der Waals surface area (Å²) in [7, 11) is 0. The Kier molecular flexibility index (Phi) is 14.0. The van der Waals surface area contributed by atoms with Crippen LogP contribution in [-0.4, -0.2) is 56.4 Å². The van der Waals surface area contributed by atoms with Crippen molar-refractivity contribution in [2.45, 2.75) is 95.7 Å². The lowest BCUT2D eigenvalue weighted by Crippen LogP contribution is -2.57. The molecule has 0 unspecified atom stereocenters. The minimum atomic E-state index is -0.921. The van der Waals surface area contributed by atoms with Gasteiger partial charge in [0.25, 0.3) is 0 Å². The van der Waals surface area contributed by atoms with Crippen LogP contribution in [0.2, 0.25) is 0 Å². The van der Waals surface area contributed by atoms with Crippen LogP contribution >= 0.6 is 0 Å². The van der Waals surface area contributed by atoms with E-state index >= 15 is 0 Å². The van der Waals surface area contributed by atoms with Crippen molar-refractivity contribution in [3.05, 3.63) is 202 Å². The minimum Gasteiger partial charge on any atom is -0.457 e. The van der Waals surface area contributed by atoms with E-state index in [1.54, 1.807) is 42.7 Å². The van der Waals surface area contributed by atoms with Gasteiger partial charge in [-0.1, -0.05) is 48.5 Å². The zero-order chi connectivity index (χ0) is 54.4. The molecule has 4 aliphatic rings. The predicted molar refractivity (Wildman–Crippen MR) is 291 cm³/mol. The molecule has 8 aromatic rings. The number of carbonyl (C=O) groups excluding carboxylic acids is 4. The number of nitrogens with zero attached hydrogens (tertiary/aromatic N) is 2. The number of hydrogen-bond donors (Lipinski definition) is 3. The van der Waals surface area contributed by atoms with Gasteiger partial charge in [0.15, 0.2) is 23.1 Å². The number of β-amino-alcohol motifs (C(OH)–C–C–N with tert-alkyl or cyclic N) is 1. The van der Waals surface area contributed by atoms with Gasteiger partial charge in [0.1, 0.15) is 40.2 Å². The summed E-state index contributed by atoms with van der Waals surface area (Å²) in [6.07, 6.45) is 8.82. The highest BCUT2D eigenvalue weighted by Crippen LogP contribution is 2.50. The molecule has 6 aromatic carbocycles. The fourth-order valence-corrected chi connectivity index (χ4v) is 11.0. The first-order valence-corrected chi connectivity index (χ1v) is 26.6. The molecular weight excluding hydrogens is 989 g/mol. The van der Waals surface area contributed by atoms with E-state index in [9.17, 15) is 38.2 Å². The van der Waals surface area contributed by atoms with Gasteiger partial charge in [-0.2, -0.15) is 0 Å². The number of aryl methyl sites for hydroxylation is 2. The summed E-state index contributed by atoms with van der Waals surface area (Å²) in [5.41, 5.74) is 4.94. The van der Waals surface area contributed by atoms with E-state index in [0.29, 0.717) is 67.3 Å². The van der Waals surface area contributed by atoms with E-state index in [0.717, 1.165) is 80.0 Å². The highest BCUT2D eigenvalue weighted by Gasteiger charge is 2.55. The van der Waals surface area contributed by atoms with Gasteiger partial charge in [-0.25, -0.2) is 8.78 Å². The summed E-state index contributed by atoms with van der Waals surface area (Å²) in [5.74, 6) is 1.48. The number of pyridine rings is 2. The molecule has 396 valence electrons. The van der Waals surface area contributed by atoms with Crippen LogP contribution in [0.4, 0.5) is 8.78 Å². The molecule has 0 spiro atoms. The Labute approximate surface area is 450 Å². The van der Waals surface area contributed by atoms with E-state index < -0.39 is 22.0 Å². The van der Waals surface area contributed by atoms with E-state index in [1.807, 2.05) is 92.7 Å². The number of rotatable bonds is 18. The average molecular weight is 1050 g/mol. The van der Waals surface area contributed by atoms with Gasteiger partial charge in [0.2, 0.25) is 0 Å². The summed E-state index contributed by atoms with van der Waals surface area (Å²) < 4.78 is 38.8. The van der Waals surface area contributed by atoms with Crippen LogP contribution in [0.25, 0.3) is 21.8 Å². The monoisotopic (exact) mass is 1050 g/mol. The van der Waals surface area contributed by atoms with Gasteiger partial charge in [-0.3, -0.25) is 29.1 Å². The van der Waals surface area contributed by atoms with Crippen molar-refractivity contribution in [1.82, 2.24) is 15.3 Å². The summed E-state index contributed by atoms with van der Waals surface area (Å²) in [5, 5.41) is 26.6. The number of aromatic nitrogens is 2. The predicted octanol–water partition coefficient (Wildman–Crippen LogP) is 11.5. The third-order valence-corrected chi connectivity index (χ3v) is 16.3. The van der Waals surface area contributed by atoms with Crippen molar-refractivity contribution in [2.24, 2.45) is 10.8 Å². The number of nitrogens with one attached hydrogen (secondary N) is 1. The molecule has 12 rings (SSSR count). The molecule has 3 saturated carbocycles. The Morgan fingerprint density at radius 3 is 1.14 bits per heavy atom. The molecule has 0 radical (unpaired) electrons. The Hall–Kier alpha value is -7.84. The van der Waals surface area contributed by atoms with Crippen LogP contribution in [0.1, 0.15) is 89.5 Å². The number of benzene rings is 6. The standard InChI is InChI=1S/C33H30FNO4.C32H29FN2O4/c1-21-17-28-26(20-27(21)33(38)12-2-13-33)29(11-16-35-28)39-25-9-5-23(6-10-25)19-31(37)32(14-15-32)30(36)18-22-3-7-24(34)8-4-22;1-20-14-27-25(17-26(20)32(38)18-34-19-32)28(10-13-35-27)39-24-8-4-22(5-9-24)16-30(37)31(11-12-31)29(36)15-21-2-6-23(33)7-3-21/h3-11,16-17,20,38H,2,12-15,18-19H2,1H3;2-10,13-14,17,34,38H,11-12,15-16,18-19H2,1H3. The molecule has 3 N–H and O–H groups in total. The number of hydrogen-bond acceptors (Lipinski definition) is 11. The van der Waals surface area contributed by atoms with Crippen molar-refractivity contribution in [3.8, 4) is 23.0 Å². The van der Waals surface area contributed by atoms with Crippen LogP contribution in [-0.2, 0) is 56.1 Å². The van der Waals surface area contributed by atoms with Gasteiger partial charge in [0, 0.05) is 61.9 Å². The van der Waals surface area contributed by atoms with E-state index in [4.69, 9.17) is 9.47 Å². The zero-order valence-electron chi connectivity index (χ0n) is 43.5. The molecule has 3 aliphatic carbocycles. The van der Waals surface area contributed by atoms with Gasteiger partial charge in [0.05, 0.1) is 27.5 Å². The Balaban J connectivity index is 0.000000165. The fraction of sp³-hybridized carbons (Fsp3) is 0.292. The number of ketones is 4. The number of fused-ring (bicyclic) bond motifs is 2. The number of Topliss-reactive ketones (excluding diaryl/α,β-unsaturated/α-hetero) is 4. The Bertz CT molecular complexity index is 3380. The second kappa shape index (κ2) is 20.8. The maximum absolute atomic E-state index is 13.2. The number of halogens is 2. The molecule has 78 heavy (non-hydrogen) atoms. The van der Waals surface area contributed by atoms with Crippen LogP contribution in [0.5, 0.6) is 23.0 Å². The van der Waals surface area contributed by atoms with Gasteiger partial charge < -0.3 is 25.0 Å². The van der Waals surface area contributed by atoms with Gasteiger partial charge in [-0.05, 0) is 188 Å². The summed E-state index contributed by atoms with van der Waals surface area (Å²) in [6, 6.07) is 37.9. The zero-order valence-corrected chi connectivity index (χ0v) is 43.5. The number of aliphatic hydroxyl groups is 2. The van der Waals surface area contributed by atoms with Crippen LogP contribution in [0, 0.1) is 36.3 Å². The SMILES string of the molecule is Cc1cc2nccc(Oc3ccc(CC(=O)C4(C(=O)Cc5ccc(F)cc5)CC4)cc3)c2cc1C1(O)CCC1.Cc1cc2nccc(Oc3ccc(CC(=O)C4(C(=O)Cc5ccc(F)cc5)CC4)cc3)c2cc1C1(O)CNC1. The second-order valence-corrected chi connectivity index (χ2v) is 21.8. The minimum absolute atomic E-state index is 0.0692. The number of ether oxygens (including phenoxy) is 2. The molecule has 1 aliphatic heterocycles. The molecule has 11 nitrogen and oxygen atoms in total. The molecule has 0 bridgehead atoms. The lowest BCUT2D eigenvalue weighted by Gasteiger charge is -2.39. The Morgan fingerprint density at radius 2 is 0.833 bits per heavy atom. The topological polar surface area (TPSA) is 165 Å². The van der Waals surface area contributed by atoms with E-state index in [2.05, 4.69) is 15.3 Å². The molecule has 1 saturated heterocycles. The smallest absolute Gasteiger partial charge is 0.150 e. The lowest BCUT2D eigenvalue weighted by atomic mass is 9.73. The first kappa shape index (κ1) is 52.2. The summed E-state index contributed by atoms with van der Waals surface area (Å²) in [4.78, 5) is 61.1. The highest BCUT2D eigenvalue weighted by atomic mass is 19.1. The number of carbonyl (C=O) groups is 4. The second-order valence-electron chi connectivity index (χ2n) is 21.8. The maximum atomic E-state index is 13.2. The molecule has 3 heterocycles. The molecule has 2 aromatic heterocycles.